The topological polar surface area (TPSA) is 162 Å². The molecule has 0 radical (unpaired) electrons. The molecule has 48 heavy (non-hydrogen) atoms. The van der Waals surface area contributed by atoms with Gasteiger partial charge in [-0.25, -0.2) is 9.59 Å². The molecule has 8 bridgehead atoms. The molecule has 0 aliphatic carbocycles. The van der Waals surface area contributed by atoms with E-state index in [0.717, 1.165) is 0 Å². The van der Waals surface area contributed by atoms with Crippen LogP contribution in [0, 0.1) is 0 Å². The molecule has 0 unspecified atom stereocenters. The Labute approximate surface area is 275 Å². The van der Waals surface area contributed by atoms with Gasteiger partial charge in [0.1, 0.15) is 36.6 Å². The second kappa shape index (κ2) is 13.1. The highest BCUT2D eigenvalue weighted by Crippen LogP contribution is 2.44. The van der Waals surface area contributed by atoms with Crippen LogP contribution in [0.1, 0.15) is 65.8 Å². The molecule has 264 valence electrons. The van der Waals surface area contributed by atoms with Crippen molar-refractivity contribution in [1.82, 2.24) is 18.3 Å². The van der Waals surface area contributed by atoms with Crippen LogP contribution in [0.2, 0.25) is 0 Å². The van der Waals surface area contributed by atoms with Crippen molar-refractivity contribution in [2.24, 2.45) is 0 Å². The quantitative estimate of drug-likeness (QED) is 0.380. The maximum Gasteiger partial charge on any atom is 0.333 e. The minimum Gasteiger partial charge on any atom is -0.379 e. The Morgan fingerprint density at radius 3 is 1.40 bits per heavy atom. The van der Waals surface area contributed by atoms with Crippen LogP contribution in [0.4, 0.5) is 0 Å². The second-order valence-electron chi connectivity index (χ2n) is 13.8. The van der Waals surface area contributed by atoms with E-state index in [2.05, 4.69) is 0 Å². The molecule has 2 aromatic heterocycles. The lowest BCUT2D eigenvalue weighted by Gasteiger charge is -2.25. The lowest BCUT2D eigenvalue weighted by molar-refractivity contribution is -0.202. The summed E-state index contributed by atoms with van der Waals surface area (Å²) in [5, 5.41) is 0. The van der Waals surface area contributed by atoms with Crippen LogP contribution < -0.4 is 22.5 Å². The Hall–Kier alpha value is -2.96. The van der Waals surface area contributed by atoms with E-state index in [-0.39, 0.29) is 26.3 Å². The summed E-state index contributed by atoms with van der Waals surface area (Å²) < 4.78 is 54.3. The molecule has 2 aromatic rings. The summed E-state index contributed by atoms with van der Waals surface area (Å²) in [5.41, 5.74) is -1.81. The van der Waals surface area contributed by atoms with Crippen molar-refractivity contribution < 1.29 is 37.9 Å². The third-order valence-corrected chi connectivity index (χ3v) is 9.39. The monoisotopic (exact) mass is 676 g/mol. The Morgan fingerprint density at radius 1 is 0.583 bits per heavy atom. The van der Waals surface area contributed by atoms with E-state index in [1.165, 1.54) is 42.8 Å². The fourth-order valence-corrected chi connectivity index (χ4v) is 7.24. The lowest BCUT2D eigenvalue weighted by atomic mass is 10.1. The minimum atomic E-state index is -0.899. The molecule has 7 rings (SSSR count). The molecular weight excluding hydrogens is 632 g/mol. The summed E-state index contributed by atoms with van der Waals surface area (Å²) in [6, 6.07) is 2.71. The SMILES string of the molecule is CC1(C)O[C@@H]2[C@H](O1)[C@H]1COCCCCn3c(=O)ccn(c3=O)[C@@H]3O[C@H](COCCCCn4c(=O)ccn(c4=O)[C@@H]2O1)[C@H]1OC(C)(C)O[C@H]13. The summed E-state index contributed by atoms with van der Waals surface area (Å²) in [6.07, 6.45) is 0.106. The van der Waals surface area contributed by atoms with Gasteiger partial charge in [-0.15, -0.1) is 0 Å². The van der Waals surface area contributed by atoms with Gasteiger partial charge in [-0.2, -0.15) is 0 Å². The van der Waals surface area contributed by atoms with Gasteiger partial charge in [0.15, 0.2) is 24.0 Å². The first-order valence-corrected chi connectivity index (χ1v) is 16.7. The van der Waals surface area contributed by atoms with E-state index in [0.29, 0.717) is 38.9 Å². The molecule has 4 fully saturated rings. The van der Waals surface area contributed by atoms with Gasteiger partial charge in [0.2, 0.25) is 0 Å². The maximum absolute atomic E-state index is 13.6. The molecule has 0 spiro atoms. The average molecular weight is 677 g/mol. The van der Waals surface area contributed by atoms with Gasteiger partial charge in [0, 0.05) is 50.8 Å². The summed E-state index contributed by atoms with van der Waals surface area (Å²) >= 11 is 0. The molecule has 5 aliphatic rings. The van der Waals surface area contributed by atoms with Crippen molar-refractivity contribution >= 4 is 0 Å². The van der Waals surface area contributed by atoms with Crippen LogP contribution in [0.25, 0.3) is 0 Å². The number of hydrogen-bond donors (Lipinski definition) is 0. The van der Waals surface area contributed by atoms with Crippen LogP contribution in [-0.4, -0.2) is 92.9 Å². The molecule has 0 aromatic carbocycles. The standard InChI is InChI=1S/C32H44N4O12/c1-31(2)45-23-19-17-41-15-7-5-12-34-22(38)10-14-36(30(34)40)28-26-24(46-32(3,4)48-26)20(44-28)18-42-16-8-6-11-33-21(37)9-13-35(29(33)39)27(43-19)25(23)47-31/h9-10,13-14,19-20,23-28H,5-8,11-12,15-18H2,1-4H3/t19-,20-,23-,24-,25-,26-,27-,28-/m1/s1. The number of ether oxygens (including phenoxy) is 8. The maximum atomic E-state index is 13.6. The second-order valence-corrected chi connectivity index (χ2v) is 13.8. The number of hydrogen-bond acceptors (Lipinski definition) is 12. The molecule has 16 nitrogen and oxygen atoms in total. The van der Waals surface area contributed by atoms with Crippen LogP contribution in [0.15, 0.2) is 43.7 Å². The Balaban J connectivity index is 1.13. The van der Waals surface area contributed by atoms with Crippen LogP contribution in [0.5, 0.6) is 0 Å². The summed E-state index contributed by atoms with van der Waals surface area (Å²) in [4.78, 5) is 52.7. The first-order valence-electron chi connectivity index (χ1n) is 16.7. The highest BCUT2D eigenvalue weighted by Gasteiger charge is 2.57. The third kappa shape index (κ3) is 6.40. The van der Waals surface area contributed by atoms with Gasteiger partial charge >= 0.3 is 11.4 Å². The first-order chi connectivity index (χ1) is 22.9. The van der Waals surface area contributed by atoms with E-state index >= 15 is 0 Å². The minimum absolute atomic E-state index is 0.171. The van der Waals surface area contributed by atoms with E-state index in [1.807, 2.05) is 0 Å². The van der Waals surface area contributed by atoms with Gasteiger partial charge < -0.3 is 37.9 Å². The van der Waals surface area contributed by atoms with Crippen molar-refractivity contribution in [2.75, 3.05) is 26.4 Å². The van der Waals surface area contributed by atoms with Crippen LogP contribution in [0.3, 0.4) is 0 Å². The number of aromatic nitrogens is 4. The fourth-order valence-electron chi connectivity index (χ4n) is 7.24. The molecule has 5 aliphatic heterocycles. The van der Waals surface area contributed by atoms with Crippen molar-refractivity contribution in [2.45, 2.75) is 127 Å². The summed E-state index contributed by atoms with van der Waals surface area (Å²) in [6.45, 7) is 8.60. The fraction of sp³-hybridized carbons (Fsp3) is 0.750. The predicted molar refractivity (Wildman–Crippen MR) is 165 cm³/mol. The van der Waals surface area contributed by atoms with Gasteiger partial charge in [0.25, 0.3) is 11.1 Å². The Morgan fingerprint density at radius 2 is 0.979 bits per heavy atom. The number of rotatable bonds is 0. The molecule has 4 saturated heterocycles. The van der Waals surface area contributed by atoms with Crippen molar-refractivity contribution in [1.29, 1.82) is 0 Å². The molecule has 0 saturated carbocycles. The van der Waals surface area contributed by atoms with Gasteiger partial charge in [-0.1, -0.05) is 0 Å². The van der Waals surface area contributed by atoms with E-state index in [9.17, 15) is 19.2 Å². The van der Waals surface area contributed by atoms with Crippen LogP contribution in [-0.2, 0) is 51.0 Å². The molecular formula is C32H44N4O12. The van der Waals surface area contributed by atoms with Gasteiger partial charge in [0.05, 0.1) is 13.2 Å². The Kier molecular flexibility index (Phi) is 9.12. The highest BCUT2D eigenvalue weighted by atomic mass is 16.8. The largest absolute Gasteiger partial charge is 0.379 e. The first kappa shape index (κ1) is 33.5. The zero-order chi connectivity index (χ0) is 33.8. The van der Waals surface area contributed by atoms with E-state index < -0.39 is 83.2 Å². The molecule has 8 atom stereocenters. The highest BCUT2D eigenvalue weighted by molar-refractivity contribution is 5.01. The summed E-state index contributed by atoms with van der Waals surface area (Å²) in [7, 11) is 0. The van der Waals surface area contributed by atoms with E-state index in [4.69, 9.17) is 37.9 Å². The zero-order valence-electron chi connectivity index (χ0n) is 27.7. The molecule has 0 N–H and O–H groups in total. The average Bonchev–Trinajstić information content (AvgIpc) is 3.72. The lowest BCUT2D eigenvalue weighted by Crippen LogP contribution is -2.43. The van der Waals surface area contributed by atoms with E-state index in [1.54, 1.807) is 27.7 Å². The normalized spacial score (nSPS) is 35.1. The Bertz CT molecular complexity index is 1600. The number of fused-ring (bicyclic) bond motifs is 16. The summed E-state index contributed by atoms with van der Waals surface area (Å²) in [5.74, 6) is -1.80. The van der Waals surface area contributed by atoms with Crippen molar-refractivity contribution in [3.63, 3.8) is 0 Å². The van der Waals surface area contributed by atoms with Crippen LogP contribution >= 0.6 is 0 Å². The smallest absolute Gasteiger partial charge is 0.333 e. The third-order valence-electron chi connectivity index (χ3n) is 9.39. The van der Waals surface area contributed by atoms with Gasteiger partial charge in [-0.05, 0) is 53.4 Å². The van der Waals surface area contributed by atoms with Crippen molar-refractivity contribution in [3.05, 3.63) is 66.2 Å². The molecule has 0 amide bonds. The van der Waals surface area contributed by atoms with Gasteiger partial charge in [-0.3, -0.25) is 27.9 Å². The number of nitrogens with zero attached hydrogens (tertiary/aromatic N) is 4. The van der Waals surface area contributed by atoms with Crippen molar-refractivity contribution in [3.8, 4) is 0 Å². The predicted octanol–water partition coefficient (Wildman–Crippen LogP) is 0.476. The molecule has 7 heterocycles. The molecule has 16 heteroatoms. The zero-order valence-corrected chi connectivity index (χ0v) is 27.7.